The molecule has 0 aliphatic carbocycles. The predicted molar refractivity (Wildman–Crippen MR) is 71.3 cm³/mol. The minimum atomic E-state index is -0.515. The molecule has 3 rings (SSSR count). The van der Waals surface area contributed by atoms with Crippen LogP contribution in [0.3, 0.4) is 0 Å². The first-order valence-electron chi connectivity index (χ1n) is 6.82. The summed E-state index contributed by atoms with van der Waals surface area (Å²) in [5, 5.41) is 9.99. The van der Waals surface area contributed by atoms with Gasteiger partial charge < -0.3 is 24.1 Å². The molecule has 0 aromatic heterocycles. The lowest BCUT2D eigenvalue weighted by Crippen LogP contribution is -2.42. The van der Waals surface area contributed by atoms with Gasteiger partial charge in [0.05, 0.1) is 13.2 Å². The second-order valence-corrected chi connectivity index (χ2v) is 4.89. The molecule has 0 spiro atoms. The standard InChI is InChI=1S/C14H19NO5/c16-11(8-15-3-5-17-6-4-15)9-18-12-1-2-13-14(7-12)20-10-19-13/h1-2,7,11,16H,3-6,8-10H2/t11-/m1/s1. The van der Waals surface area contributed by atoms with Gasteiger partial charge in [0.15, 0.2) is 11.5 Å². The number of β-amino-alcohol motifs (C(OH)–C–C–N with tert-alkyl or cyclic N) is 1. The number of ether oxygens (including phenoxy) is 4. The Balaban J connectivity index is 1.46. The molecule has 1 aromatic rings. The van der Waals surface area contributed by atoms with Gasteiger partial charge in [-0.05, 0) is 12.1 Å². The first kappa shape index (κ1) is 13.5. The van der Waals surface area contributed by atoms with Gasteiger partial charge in [0.25, 0.3) is 0 Å². The van der Waals surface area contributed by atoms with Gasteiger partial charge in [-0.2, -0.15) is 0 Å². The van der Waals surface area contributed by atoms with Crippen molar-refractivity contribution in [1.82, 2.24) is 4.90 Å². The van der Waals surface area contributed by atoms with E-state index in [2.05, 4.69) is 4.90 Å². The Morgan fingerprint density at radius 2 is 2.00 bits per heavy atom. The van der Waals surface area contributed by atoms with E-state index in [0.717, 1.165) is 32.1 Å². The molecule has 20 heavy (non-hydrogen) atoms. The number of rotatable bonds is 5. The van der Waals surface area contributed by atoms with E-state index in [1.165, 1.54) is 0 Å². The maximum atomic E-state index is 9.99. The molecule has 1 fully saturated rings. The summed E-state index contributed by atoms with van der Waals surface area (Å²) in [7, 11) is 0. The Morgan fingerprint density at radius 3 is 2.85 bits per heavy atom. The molecule has 2 aliphatic heterocycles. The monoisotopic (exact) mass is 281 g/mol. The quantitative estimate of drug-likeness (QED) is 0.847. The highest BCUT2D eigenvalue weighted by Crippen LogP contribution is 2.35. The first-order valence-corrected chi connectivity index (χ1v) is 6.82. The second kappa shape index (κ2) is 6.30. The van der Waals surface area contributed by atoms with Crippen LogP contribution in [0.5, 0.6) is 17.2 Å². The Bertz CT molecular complexity index is 447. The highest BCUT2D eigenvalue weighted by atomic mass is 16.7. The van der Waals surface area contributed by atoms with Gasteiger partial charge in [0.2, 0.25) is 6.79 Å². The average Bonchev–Trinajstić information content (AvgIpc) is 2.93. The summed E-state index contributed by atoms with van der Waals surface area (Å²) in [5.41, 5.74) is 0. The van der Waals surface area contributed by atoms with Gasteiger partial charge in [-0.25, -0.2) is 0 Å². The maximum Gasteiger partial charge on any atom is 0.231 e. The van der Waals surface area contributed by atoms with Crippen molar-refractivity contribution in [2.75, 3.05) is 46.2 Å². The lowest BCUT2D eigenvalue weighted by Gasteiger charge is -2.28. The summed E-state index contributed by atoms with van der Waals surface area (Å²) < 4.78 is 21.4. The highest BCUT2D eigenvalue weighted by molar-refractivity contribution is 5.46. The number of hydrogen-bond acceptors (Lipinski definition) is 6. The van der Waals surface area contributed by atoms with Crippen LogP contribution in [0.4, 0.5) is 0 Å². The molecule has 110 valence electrons. The minimum absolute atomic E-state index is 0.248. The Labute approximate surface area is 117 Å². The number of fused-ring (bicyclic) bond motifs is 1. The molecule has 0 unspecified atom stereocenters. The third-order valence-electron chi connectivity index (χ3n) is 3.36. The van der Waals surface area contributed by atoms with E-state index in [1.807, 2.05) is 12.1 Å². The summed E-state index contributed by atoms with van der Waals surface area (Å²) in [6.45, 7) is 4.30. The van der Waals surface area contributed by atoms with E-state index in [4.69, 9.17) is 18.9 Å². The molecule has 1 aromatic carbocycles. The first-order chi connectivity index (χ1) is 9.81. The molecule has 2 heterocycles. The number of hydrogen-bond donors (Lipinski definition) is 1. The molecule has 6 nitrogen and oxygen atoms in total. The number of benzene rings is 1. The van der Waals surface area contributed by atoms with Crippen molar-refractivity contribution in [3.05, 3.63) is 18.2 Å². The lowest BCUT2D eigenvalue weighted by atomic mass is 10.3. The van der Waals surface area contributed by atoms with Crippen molar-refractivity contribution in [1.29, 1.82) is 0 Å². The van der Waals surface area contributed by atoms with Crippen LogP contribution in [0.25, 0.3) is 0 Å². The van der Waals surface area contributed by atoms with Crippen molar-refractivity contribution in [2.45, 2.75) is 6.10 Å². The average molecular weight is 281 g/mol. The van der Waals surface area contributed by atoms with Gasteiger partial charge in [-0.1, -0.05) is 0 Å². The topological polar surface area (TPSA) is 60.4 Å². The molecule has 0 bridgehead atoms. The molecular weight excluding hydrogens is 262 g/mol. The van der Waals surface area contributed by atoms with Gasteiger partial charge in [0.1, 0.15) is 18.5 Å². The second-order valence-electron chi connectivity index (χ2n) is 4.89. The smallest absolute Gasteiger partial charge is 0.231 e. The van der Waals surface area contributed by atoms with Crippen molar-refractivity contribution < 1.29 is 24.1 Å². The Hall–Kier alpha value is -1.50. The fourth-order valence-corrected chi connectivity index (χ4v) is 2.29. The molecule has 6 heteroatoms. The van der Waals surface area contributed by atoms with Crippen LogP contribution in [-0.2, 0) is 4.74 Å². The van der Waals surface area contributed by atoms with Crippen LogP contribution in [0, 0.1) is 0 Å². The van der Waals surface area contributed by atoms with Crippen LogP contribution in [0.1, 0.15) is 0 Å². The molecule has 0 amide bonds. The van der Waals surface area contributed by atoms with Crippen molar-refractivity contribution >= 4 is 0 Å². The van der Waals surface area contributed by atoms with E-state index in [9.17, 15) is 5.11 Å². The Morgan fingerprint density at radius 1 is 1.20 bits per heavy atom. The summed E-state index contributed by atoms with van der Waals surface area (Å²) >= 11 is 0. The van der Waals surface area contributed by atoms with Crippen LogP contribution in [-0.4, -0.2) is 62.4 Å². The zero-order chi connectivity index (χ0) is 13.8. The minimum Gasteiger partial charge on any atom is -0.491 e. The van der Waals surface area contributed by atoms with Crippen LogP contribution >= 0.6 is 0 Å². The van der Waals surface area contributed by atoms with Crippen molar-refractivity contribution in [2.24, 2.45) is 0 Å². The zero-order valence-electron chi connectivity index (χ0n) is 11.3. The van der Waals surface area contributed by atoms with Crippen molar-refractivity contribution in [3.8, 4) is 17.2 Å². The highest BCUT2D eigenvalue weighted by Gasteiger charge is 2.17. The summed E-state index contributed by atoms with van der Waals surface area (Å²) in [6.07, 6.45) is -0.515. The number of nitrogens with zero attached hydrogens (tertiary/aromatic N) is 1. The molecule has 0 saturated carbocycles. The van der Waals surface area contributed by atoms with Crippen molar-refractivity contribution in [3.63, 3.8) is 0 Å². The third kappa shape index (κ3) is 3.33. The molecule has 1 atom stereocenters. The SMILES string of the molecule is O[C@@H](COc1ccc2c(c1)OCO2)CN1CCOCC1. The molecule has 0 radical (unpaired) electrons. The van der Waals surface area contributed by atoms with E-state index in [1.54, 1.807) is 6.07 Å². The summed E-state index contributed by atoms with van der Waals surface area (Å²) in [6, 6.07) is 5.41. The number of aliphatic hydroxyl groups excluding tert-OH is 1. The molecular formula is C14H19NO5. The number of morpholine rings is 1. The molecule has 1 N–H and O–H groups in total. The maximum absolute atomic E-state index is 9.99. The van der Waals surface area contributed by atoms with Gasteiger partial charge >= 0.3 is 0 Å². The summed E-state index contributed by atoms with van der Waals surface area (Å²) in [5.74, 6) is 2.09. The van der Waals surface area contributed by atoms with Gasteiger partial charge in [-0.3, -0.25) is 4.90 Å². The zero-order valence-corrected chi connectivity index (χ0v) is 11.3. The van der Waals surface area contributed by atoms with E-state index in [0.29, 0.717) is 18.0 Å². The normalized spacial score (nSPS) is 19.9. The largest absolute Gasteiger partial charge is 0.491 e. The van der Waals surface area contributed by atoms with Gasteiger partial charge in [-0.15, -0.1) is 0 Å². The van der Waals surface area contributed by atoms with E-state index >= 15 is 0 Å². The fraction of sp³-hybridized carbons (Fsp3) is 0.571. The predicted octanol–water partition coefficient (Wildman–Crippen LogP) is 0.487. The molecule has 1 saturated heterocycles. The van der Waals surface area contributed by atoms with E-state index in [-0.39, 0.29) is 13.4 Å². The van der Waals surface area contributed by atoms with Crippen LogP contribution in [0.2, 0.25) is 0 Å². The number of aliphatic hydroxyl groups is 1. The van der Waals surface area contributed by atoms with Gasteiger partial charge in [0, 0.05) is 25.7 Å². The lowest BCUT2D eigenvalue weighted by molar-refractivity contribution is 0.00464. The van der Waals surface area contributed by atoms with E-state index < -0.39 is 6.10 Å². The fourth-order valence-electron chi connectivity index (χ4n) is 2.29. The third-order valence-corrected chi connectivity index (χ3v) is 3.36. The summed E-state index contributed by atoms with van der Waals surface area (Å²) in [4.78, 5) is 2.18. The van der Waals surface area contributed by atoms with Crippen LogP contribution in [0.15, 0.2) is 18.2 Å². The molecule has 2 aliphatic rings. The Kier molecular flexibility index (Phi) is 4.25. The van der Waals surface area contributed by atoms with Crippen LogP contribution < -0.4 is 14.2 Å².